The summed E-state index contributed by atoms with van der Waals surface area (Å²) in [4.78, 5) is 26.2. The molecule has 2 heterocycles. The van der Waals surface area contributed by atoms with Gasteiger partial charge in [-0.15, -0.1) is 0 Å². The number of hydrogen-bond acceptors (Lipinski definition) is 3. The van der Waals surface area contributed by atoms with E-state index in [0.717, 1.165) is 17.8 Å². The normalized spacial score (nSPS) is 18.1. The molecule has 1 aliphatic heterocycles. The predicted octanol–water partition coefficient (Wildman–Crippen LogP) is 3.45. The van der Waals surface area contributed by atoms with Crippen molar-refractivity contribution in [2.24, 2.45) is 0 Å². The summed E-state index contributed by atoms with van der Waals surface area (Å²) in [7, 11) is 0. The van der Waals surface area contributed by atoms with Gasteiger partial charge in [0.15, 0.2) is 5.82 Å². The first-order valence-corrected chi connectivity index (χ1v) is 8.98. The number of nitrogens with one attached hydrogen (secondary N) is 2. The third-order valence-electron chi connectivity index (χ3n) is 5.13. The first-order valence-electron chi connectivity index (χ1n) is 8.98. The minimum atomic E-state index is -0.210. The van der Waals surface area contributed by atoms with E-state index in [2.05, 4.69) is 15.5 Å². The standard InChI is InChI=1S/C19H22N4O2/c24-18-9-4-10-23(18)15-8-3-7-14(11-15)19(25)20-17-12-16(21-22-17)13-5-1-2-6-13/h3,7-8,11-13H,1-2,4-6,9-10H2,(H2,20,21,22,25). The Bertz CT molecular complexity index is 792. The molecule has 1 aliphatic carbocycles. The molecule has 0 unspecified atom stereocenters. The number of benzene rings is 1. The second kappa shape index (κ2) is 6.70. The quantitative estimate of drug-likeness (QED) is 0.896. The van der Waals surface area contributed by atoms with E-state index in [1.54, 1.807) is 17.0 Å². The van der Waals surface area contributed by atoms with Crippen LogP contribution < -0.4 is 10.2 Å². The summed E-state index contributed by atoms with van der Waals surface area (Å²) in [5, 5.41) is 10.1. The highest BCUT2D eigenvalue weighted by molar-refractivity contribution is 6.05. The van der Waals surface area contributed by atoms with E-state index >= 15 is 0 Å². The molecule has 0 bridgehead atoms. The largest absolute Gasteiger partial charge is 0.312 e. The van der Waals surface area contributed by atoms with Crippen molar-refractivity contribution < 1.29 is 9.59 Å². The lowest BCUT2D eigenvalue weighted by Gasteiger charge is -2.16. The van der Waals surface area contributed by atoms with Gasteiger partial charge in [-0.2, -0.15) is 5.10 Å². The summed E-state index contributed by atoms with van der Waals surface area (Å²) < 4.78 is 0. The van der Waals surface area contributed by atoms with Crippen molar-refractivity contribution in [1.82, 2.24) is 10.2 Å². The van der Waals surface area contributed by atoms with Crippen LogP contribution in [0.5, 0.6) is 0 Å². The molecule has 0 atom stereocenters. The summed E-state index contributed by atoms with van der Waals surface area (Å²) in [6, 6.07) is 9.13. The Morgan fingerprint density at radius 3 is 2.80 bits per heavy atom. The van der Waals surface area contributed by atoms with Crippen molar-refractivity contribution in [3.05, 3.63) is 41.6 Å². The lowest BCUT2D eigenvalue weighted by molar-refractivity contribution is -0.117. The Morgan fingerprint density at radius 2 is 2.04 bits per heavy atom. The third kappa shape index (κ3) is 3.29. The van der Waals surface area contributed by atoms with E-state index in [0.29, 0.717) is 30.3 Å². The Labute approximate surface area is 146 Å². The summed E-state index contributed by atoms with van der Waals surface area (Å²) in [5.41, 5.74) is 2.41. The highest BCUT2D eigenvalue weighted by Crippen LogP contribution is 2.33. The number of rotatable bonds is 4. The third-order valence-corrected chi connectivity index (χ3v) is 5.13. The first-order chi connectivity index (χ1) is 12.2. The van der Waals surface area contributed by atoms with Crippen molar-refractivity contribution in [2.75, 3.05) is 16.8 Å². The molecule has 130 valence electrons. The molecular weight excluding hydrogens is 316 g/mol. The fraction of sp³-hybridized carbons (Fsp3) is 0.421. The molecule has 1 saturated carbocycles. The van der Waals surface area contributed by atoms with E-state index < -0.39 is 0 Å². The van der Waals surface area contributed by atoms with Gasteiger partial charge in [0.25, 0.3) is 5.91 Å². The number of anilines is 2. The van der Waals surface area contributed by atoms with Crippen LogP contribution >= 0.6 is 0 Å². The predicted molar refractivity (Wildman–Crippen MR) is 95.8 cm³/mol. The van der Waals surface area contributed by atoms with Gasteiger partial charge in [-0.25, -0.2) is 0 Å². The lowest BCUT2D eigenvalue weighted by Crippen LogP contribution is -2.24. The van der Waals surface area contributed by atoms with Gasteiger partial charge in [-0.05, 0) is 37.5 Å². The summed E-state index contributed by atoms with van der Waals surface area (Å²) in [6.45, 7) is 0.716. The second-order valence-corrected chi connectivity index (χ2v) is 6.84. The molecule has 6 nitrogen and oxygen atoms in total. The number of carbonyl (C=O) groups excluding carboxylic acids is 2. The average molecular weight is 338 g/mol. The van der Waals surface area contributed by atoms with E-state index in [1.165, 1.54) is 25.7 Å². The highest BCUT2D eigenvalue weighted by Gasteiger charge is 2.23. The SMILES string of the molecule is O=C(Nc1cc(C2CCCC2)[nH]n1)c1cccc(N2CCCC2=O)c1. The second-order valence-electron chi connectivity index (χ2n) is 6.84. The topological polar surface area (TPSA) is 78.1 Å². The molecule has 1 saturated heterocycles. The Balaban J connectivity index is 1.47. The zero-order valence-electron chi connectivity index (χ0n) is 14.1. The summed E-state index contributed by atoms with van der Waals surface area (Å²) in [5.74, 6) is 0.987. The van der Waals surface area contributed by atoms with Gasteiger partial charge in [-0.1, -0.05) is 18.9 Å². The maximum absolute atomic E-state index is 12.5. The van der Waals surface area contributed by atoms with E-state index in [4.69, 9.17) is 0 Å². The molecule has 2 fully saturated rings. The molecule has 4 rings (SSSR count). The average Bonchev–Trinajstić information content (AvgIpc) is 3.36. The Hall–Kier alpha value is -2.63. The van der Waals surface area contributed by atoms with Crippen LogP contribution in [-0.4, -0.2) is 28.6 Å². The number of aromatic amines is 1. The van der Waals surface area contributed by atoms with Crippen LogP contribution in [0.3, 0.4) is 0 Å². The van der Waals surface area contributed by atoms with Gasteiger partial charge < -0.3 is 10.2 Å². The first kappa shape index (κ1) is 15.9. The number of H-pyrrole nitrogens is 1. The molecule has 2 amide bonds. The van der Waals surface area contributed by atoms with Gasteiger partial charge in [0.1, 0.15) is 0 Å². The molecule has 1 aromatic heterocycles. The van der Waals surface area contributed by atoms with Crippen molar-refractivity contribution in [2.45, 2.75) is 44.4 Å². The summed E-state index contributed by atoms with van der Waals surface area (Å²) in [6.07, 6.45) is 6.32. The fourth-order valence-corrected chi connectivity index (χ4v) is 3.77. The maximum Gasteiger partial charge on any atom is 0.256 e. The number of aromatic nitrogens is 2. The molecular formula is C19H22N4O2. The Kier molecular flexibility index (Phi) is 4.26. The van der Waals surface area contributed by atoms with Crippen LogP contribution in [0.1, 0.15) is 60.5 Å². The van der Waals surface area contributed by atoms with Crippen molar-refractivity contribution in [3.8, 4) is 0 Å². The van der Waals surface area contributed by atoms with Crippen molar-refractivity contribution >= 4 is 23.3 Å². The maximum atomic E-state index is 12.5. The molecule has 2 aromatic rings. The highest BCUT2D eigenvalue weighted by atomic mass is 16.2. The molecule has 25 heavy (non-hydrogen) atoms. The molecule has 0 spiro atoms. The number of amides is 2. The molecule has 0 radical (unpaired) electrons. The van der Waals surface area contributed by atoms with Crippen LogP contribution in [0, 0.1) is 0 Å². The van der Waals surface area contributed by atoms with Crippen LogP contribution in [0.15, 0.2) is 30.3 Å². The van der Waals surface area contributed by atoms with Crippen molar-refractivity contribution in [1.29, 1.82) is 0 Å². The molecule has 1 aromatic carbocycles. The lowest BCUT2D eigenvalue weighted by atomic mass is 10.0. The van der Waals surface area contributed by atoms with Gasteiger partial charge in [0.2, 0.25) is 5.91 Å². The van der Waals surface area contributed by atoms with Gasteiger partial charge in [0.05, 0.1) is 0 Å². The number of carbonyl (C=O) groups is 2. The number of hydrogen-bond donors (Lipinski definition) is 2. The smallest absolute Gasteiger partial charge is 0.256 e. The van der Waals surface area contributed by atoms with Gasteiger partial charge >= 0.3 is 0 Å². The monoisotopic (exact) mass is 338 g/mol. The van der Waals surface area contributed by atoms with Gasteiger partial charge in [0, 0.05) is 41.9 Å². The van der Waals surface area contributed by atoms with E-state index in [9.17, 15) is 9.59 Å². The Morgan fingerprint density at radius 1 is 1.20 bits per heavy atom. The van der Waals surface area contributed by atoms with E-state index in [-0.39, 0.29) is 11.8 Å². The minimum Gasteiger partial charge on any atom is -0.312 e. The zero-order chi connectivity index (χ0) is 17.2. The molecule has 2 aliphatic rings. The van der Waals surface area contributed by atoms with Crippen LogP contribution in [0.4, 0.5) is 11.5 Å². The minimum absolute atomic E-state index is 0.117. The molecule has 6 heteroatoms. The van der Waals surface area contributed by atoms with Crippen LogP contribution in [0.25, 0.3) is 0 Å². The van der Waals surface area contributed by atoms with Crippen molar-refractivity contribution in [3.63, 3.8) is 0 Å². The van der Waals surface area contributed by atoms with Crippen LogP contribution in [-0.2, 0) is 4.79 Å². The number of nitrogens with zero attached hydrogens (tertiary/aromatic N) is 2. The fourth-order valence-electron chi connectivity index (χ4n) is 3.77. The van der Waals surface area contributed by atoms with Gasteiger partial charge in [-0.3, -0.25) is 14.7 Å². The van der Waals surface area contributed by atoms with E-state index in [1.807, 2.05) is 18.2 Å². The summed E-state index contributed by atoms with van der Waals surface area (Å²) >= 11 is 0. The molecule has 2 N–H and O–H groups in total. The zero-order valence-corrected chi connectivity index (χ0v) is 14.1. The van der Waals surface area contributed by atoms with Crippen LogP contribution in [0.2, 0.25) is 0 Å².